The van der Waals surface area contributed by atoms with Crippen LogP contribution in [-0.2, 0) is 4.79 Å². The number of rotatable bonds is 6. The van der Waals surface area contributed by atoms with Gasteiger partial charge in [0.05, 0.1) is 5.69 Å². The lowest BCUT2D eigenvalue weighted by atomic mass is 10.3. The highest BCUT2D eigenvalue weighted by Gasteiger charge is 2.21. The molecule has 0 aliphatic heterocycles. The van der Waals surface area contributed by atoms with E-state index in [0.29, 0.717) is 0 Å². The summed E-state index contributed by atoms with van der Waals surface area (Å²) in [5.74, 6) is -1.36. The molecule has 21 heavy (non-hydrogen) atoms. The average Bonchev–Trinajstić information content (AvgIpc) is 2.37. The molecule has 0 aliphatic carbocycles. The van der Waals surface area contributed by atoms with E-state index in [1.54, 1.807) is 13.8 Å². The number of ether oxygens (including phenoxy) is 1. The third-order valence-electron chi connectivity index (χ3n) is 2.53. The molecule has 0 saturated carbocycles. The van der Waals surface area contributed by atoms with Crippen LogP contribution in [0, 0.1) is 0 Å². The summed E-state index contributed by atoms with van der Waals surface area (Å²) in [5.41, 5.74) is 0.0406. The fraction of sp³-hybridized carbons (Fsp3) is 0.385. The van der Waals surface area contributed by atoms with E-state index in [1.807, 2.05) is 0 Å². The van der Waals surface area contributed by atoms with Crippen LogP contribution in [0.15, 0.2) is 24.3 Å². The summed E-state index contributed by atoms with van der Waals surface area (Å²) in [5, 5.41) is 11.1. The van der Waals surface area contributed by atoms with Crippen LogP contribution >= 0.6 is 0 Å². The van der Waals surface area contributed by atoms with E-state index >= 15 is 0 Å². The minimum atomic E-state index is -3.02. The number of nitrogens with one attached hydrogen (secondary N) is 1. The Balaban J connectivity index is 2.88. The van der Waals surface area contributed by atoms with Gasteiger partial charge in [-0.1, -0.05) is 12.1 Å². The maximum absolute atomic E-state index is 12.3. The lowest BCUT2D eigenvalue weighted by Gasteiger charge is -2.25. The minimum Gasteiger partial charge on any atom is -0.480 e. The van der Waals surface area contributed by atoms with Crippen molar-refractivity contribution in [1.82, 2.24) is 4.90 Å². The number of urea groups is 1. The van der Waals surface area contributed by atoms with Crippen LogP contribution in [0.2, 0.25) is 0 Å². The summed E-state index contributed by atoms with van der Waals surface area (Å²) >= 11 is 0. The van der Waals surface area contributed by atoms with Crippen molar-refractivity contribution in [3.63, 3.8) is 0 Å². The summed E-state index contributed by atoms with van der Waals surface area (Å²) in [4.78, 5) is 23.8. The molecule has 0 radical (unpaired) electrons. The third-order valence-corrected chi connectivity index (χ3v) is 2.53. The van der Waals surface area contributed by atoms with E-state index in [0.717, 1.165) is 4.90 Å². The number of aliphatic carboxylic acids is 1. The number of carbonyl (C=O) groups excluding carboxylic acids is 1. The predicted molar refractivity (Wildman–Crippen MR) is 71.6 cm³/mol. The minimum absolute atomic E-state index is 0.0406. The Kier molecular flexibility index (Phi) is 5.89. The predicted octanol–water partition coefficient (Wildman–Crippen LogP) is 2.61. The van der Waals surface area contributed by atoms with Crippen molar-refractivity contribution < 1.29 is 28.2 Å². The van der Waals surface area contributed by atoms with E-state index in [1.165, 1.54) is 24.3 Å². The Morgan fingerprint density at radius 1 is 1.33 bits per heavy atom. The molecule has 0 fully saturated rings. The molecule has 1 aromatic rings. The number of halogens is 2. The molecule has 1 rings (SSSR count). The van der Waals surface area contributed by atoms with Crippen LogP contribution in [0.3, 0.4) is 0 Å². The first-order valence-corrected chi connectivity index (χ1v) is 6.14. The second-order valence-electron chi connectivity index (χ2n) is 4.42. The van der Waals surface area contributed by atoms with Crippen LogP contribution in [0.4, 0.5) is 19.3 Å². The Bertz CT molecular complexity index is 509. The number of benzene rings is 1. The van der Waals surface area contributed by atoms with Crippen molar-refractivity contribution >= 4 is 17.7 Å². The van der Waals surface area contributed by atoms with Gasteiger partial charge in [0.1, 0.15) is 12.3 Å². The van der Waals surface area contributed by atoms with Gasteiger partial charge in [-0.25, -0.2) is 4.79 Å². The van der Waals surface area contributed by atoms with Gasteiger partial charge in [-0.05, 0) is 26.0 Å². The Morgan fingerprint density at radius 2 is 1.95 bits per heavy atom. The maximum Gasteiger partial charge on any atom is 0.387 e. The molecule has 2 N–H and O–H groups in total. The van der Waals surface area contributed by atoms with E-state index < -0.39 is 25.2 Å². The molecule has 0 bridgehead atoms. The van der Waals surface area contributed by atoms with E-state index in [-0.39, 0.29) is 17.5 Å². The van der Waals surface area contributed by atoms with Gasteiger partial charge in [0, 0.05) is 6.04 Å². The first kappa shape index (κ1) is 16.7. The van der Waals surface area contributed by atoms with Gasteiger partial charge in [0.25, 0.3) is 0 Å². The smallest absolute Gasteiger partial charge is 0.387 e. The van der Waals surface area contributed by atoms with E-state index in [9.17, 15) is 18.4 Å². The van der Waals surface area contributed by atoms with Gasteiger partial charge >= 0.3 is 18.6 Å². The SMILES string of the molecule is CC(C)N(CC(=O)O)C(=O)Nc1ccccc1OC(F)F. The van der Waals surface area contributed by atoms with Crippen LogP contribution < -0.4 is 10.1 Å². The number of carboxylic acid groups (broad SMARTS) is 1. The Labute approximate surface area is 120 Å². The molecule has 0 spiro atoms. The lowest BCUT2D eigenvalue weighted by molar-refractivity contribution is -0.137. The number of carbonyl (C=O) groups is 2. The standard InChI is InChI=1S/C13H16F2N2O4/c1-8(2)17(7-11(18)19)13(20)16-9-5-3-4-6-10(9)21-12(14)15/h3-6,8,12H,7H2,1-2H3,(H,16,20)(H,18,19). The highest BCUT2D eigenvalue weighted by atomic mass is 19.3. The molecule has 6 nitrogen and oxygen atoms in total. The molecule has 0 heterocycles. The quantitative estimate of drug-likeness (QED) is 0.846. The molecular formula is C13H16F2N2O4. The number of alkyl halides is 2. The molecule has 0 atom stereocenters. The van der Waals surface area contributed by atoms with Crippen molar-refractivity contribution in [3.05, 3.63) is 24.3 Å². The monoisotopic (exact) mass is 302 g/mol. The van der Waals surface area contributed by atoms with Crippen molar-refractivity contribution in [1.29, 1.82) is 0 Å². The zero-order valence-corrected chi connectivity index (χ0v) is 11.5. The van der Waals surface area contributed by atoms with Gasteiger partial charge in [0.15, 0.2) is 0 Å². The zero-order valence-electron chi connectivity index (χ0n) is 11.5. The molecule has 116 valence electrons. The number of anilines is 1. The molecule has 0 aliphatic rings. The largest absolute Gasteiger partial charge is 0.480 e. The number of hydrogen-bond donors (Lipinski definition) is 2. The van der Waals surface area contributed by atoms with Crippen LogP contribution in [-0.4, -0.2) is 41.2 Å². The van der Waals surface area contributed by atoms with Crippen molar-refractivity contribution in [2.24, 2.45) is 0 Å². The molecular weight excluding hydrogens is 286 g/mol. The second kappa shape index (κ2) is 7.41. The topological polar surface area (TPSA) is 78.9 Å². The molecule has 0 saturated heterocycles. The van der Waals surface area contributed by atoms with Crippen LogP contribution in [0.5, 0.6) is 5.75 Å². The van der Waals surface area contributed by atoms with Crippen molar-refractivity contribution in [3.8, 4) is 5.75 Å². The van der Waals surface area contributed by atoms with Gasteiger partial charge in [-0.15, -0.1) is 0 Å². The second-order valence-corrected chi connectivity index (χ2v) is 4.42. The van der Waals surface area contributed by atoms with Crippen molar-refractivity contribution in [2.45, 2.75) is 26.5 Å². The Hall–Kier alpha value is -2.38. The summed E-state index contributed by atoms with van der Waals surface area (Å²) < 4.78 is 28.8. The third kappa shape index (κ3) is 5.25. The van der Waals surface area contributed by atoms with Crippen molar-refractivity contribution in [2.75, 3.05) is 11.9 Å². The number of carboxylic acids is 1. The number of amides is 2. The van der Waals surface area contributed by atoms with Gasteiger partial charge in [-0.3, -0.25) is 4.79 Å². The summed E-state index contributed by atoms with van der Waals surface area (Å²) in [6.07, 6.45) is 0. The molecule has 0 aromatic heterocycles. The first-order chi connectivity index (χ1) is 9.81. The van der Waals surface area contributed by atoms with Gasteiger partial charge in [0.2, 0.25) is 0 Å². The van der Waals surface area contributed by atoms with Crippen LogP contribution in [0.1, 0.15) is 13.8 Å². The first-order valence-electron chi connectivity index (χ1n) is 6.14. The number of para-hydroxylation sites is 2. The normalized spacial score (nSPS) is 10.6. The number of nitrogens with zero attached hydrogens (tertiary/aromatic N) is 1. The van der Waals surface area contributed by atoms with Gasteiger partial charge < -0.3 is 20.1 Å². The maximum atomic E-state index is 12.3. The summed E-state index contributed by atoms with van der Waals surface area (Å²) in [6.45, 7) is -0.238. The lowest BCUT2D eigenvalue weighted by Crippen LogP contribution is -2.43. The molecule has 8 heteroatoms. The zero-order chi connectivity index (χ0) is 16.0. The number of hydrogen-bond acceptors (Lipinski definition) is 3. The average molecular weight is 302 g/mol. The van der Waals surface area contributed by atoms with Crippen LogP contribution in [0.25, 0.3) is 0 Å². The van der Waals surface area contributed by atoms with E-state index in [4.69, 9.17) is 5.11 Å². The molecule has 2 amide bonds. The molecule has 0 unspecified atom stereocenters. The fourth-order valence-corrected chi connectivity index (χ4v) is 1.59. The van der Waals surface area contributed by atoms with Gasteiger partial charge in [-0.2, -0.15) is 8.78 Å². The highest BCUT2D eigenvalue weighted by Crippen LogP contribution is 2.25. The molecule has 1 aromatic carbocycles. The fourth-order valence-electron chi connectivity index (χ4n) is 1.59. The van der Waals surface area contributed by atoms with E-state index in [2.05, 4.69) is 10.1 Å². The summed E-state index contributed by atoms with van der Waals surface area (Å²) in [6, 6.07) is 4.59. The summed E-state index contributed by atoms with van der Waals surface area (Å²) in [7, 11) is 0. The Morgan fingerprint density at radius 3 is 2.48 bits per heavy atom. The highest BCUT2D eigenvalue weighted by molar-refractivity contribution is 5.92.